The molecule has 8 heteroatoms. The quantitative estimate of drug-likeness (QED) is 0.451. The summed E-state index contributed by atoms with van der Waals surface area (Å²) in [6, 6.07) is 7.57. The van der Waals surface area contributed by atoms with E-state index in [1.165, 1.54) is 18.2 Å². The molecule has 0 saturated heterocycles. The predicted octanol–water partition coefficient (Wildman–Crippen LogP) is 2.56. The highest BCUT2D eigenvalue weighted by Crippen LogP contribution is 2.23. The maximum atomic E-state index is 12.1. The molecule has 0 aliphatic heterocycles. The van der Waals surface area contributed by atoms with Crippen molar-refractivity contribution in [2.45, 2.75) is 6.92 Å². The van der Waals surface area contributed by atoms with Gasteiger partial charge in [0.15, 0.2) is 0 Å². The van der Waals surface area contributed by atoms with E-state index in [0.717, 1.165) is 18.2 Å². The van der Waals surface area contributed by atoms with Crippen molar-refractivity contribution in [1.82, 2.24) is 0 Å². The Morgan fingerprint density at radius 2 is 1.87 bits per heavy atom. The van der Waals surface area contributed by atoms with Crippen LogP contribution >= 0.6 is 0 Å². The number of carbonyl (C=O) groups excluding carboxylic acids is 1. The average Bonchev–Trinajstić information content (AvgIpc) is 2.49. The van der Waals surface area contributed by atoms with Crippen LogP contribution in [0.5, 0.6) is 5.75 Å². The van der Waals surface area contributed by atoms with Crippen LogP contribution in [0.4, 0.5) is 11.4 Å². The molecule has 8 nitrogen and oxygen atoms in total. The number of amides is 1. The van der Waals surface area contributed by atoms with E-state index in [0.29, 0.717) is 5.56 Å². The normalized spacial score (nSPS) is 10.1. The second-order valence-corrected chi connectivity index (χ2v) is 4.75. The van der Waals surface area contributed by atoms with E-state index in [-0.39, 0.29) is 22.5 Å². The van der Waals surface area contributed by atoms with Crippen molar-refractivity contribution >= 4 is 23.3 Å². The Morgan fingerprint density at radius 3 is 2.48 bits per heavy atom. The third-order valence-corrected chi connectivity index (χ3v) is 3.15. The van der Waals surface area contributed by atoms with Crippen LogP contribution in [-0.4, -0.2) is 27.0 Å². The van der Waals surface area contributed by atoms with Gasteiger partial charge in [-0.25, -0.2) is 4.79 Å². The predicted molar refractivity (Wildman–Crippen MR) is 80.9 cm³/mol. The molecule has 0 fully saturated rings. The van der Waals surface area contributed by atoms with E-state index >= 15 is 0 Å². The summed E-state index contributed by atoms with van der Waals surface area (Å²) in [5.74, 6) is -2.40. The zero-order valence-electron chi connectivity index (χ0n) is 11.9. The molecule has 0 heterocycles. The number of phenols is 1. The summed E-state index contributed by atoms with van der Waals surface area (Å²) in [6.07, 6.45) is 0. The number of aromatic carboxylic acids is 1. The van der Waals surface area contributed by atoms with Gasteiger partial charge in [-0.2, -0.15) is 0 Å². The van der Waals surface area contributed by atoms with Gasteiger partial charge in [0.1, 0.15) is 11.3 Å². The minimum atomic E-state index is -1.34. The van der Waals surface area contributed by atoms with Gasteiger partial charge >= 0.3 is 5.97 Å². The lowest BCUT2D eigenvalue weighted by Crippen LogP contribution is -2.13. The number of nitrogens with zero attached hydrogens (tertiary/aromatic N) is 1. The number of rotatable bonds is 4. The Morgan fingerprint density at radius 1 is 1.17 bits per heavy atom. The minimum Gasteiger partial charge on any atom is -0.507 e. The molecule has 0 atom stereocenters. The Balaban J connectivity index is 2.29. The zero-order chi connectivity index (χ0) is 17.1. The van der Waals surface area contributed by atoms with Gasteiger partial charge in [0.05, 0.1) is 4.92 Å². The van der Waals surface area contributed by atoms with Crippen LogP contribution < -0.4 is 5.32 Å². The fourth-order valence-electron chi connectivity index (χ4n) is 1.94. The molecular weight excluding hydrogens is 304 g/mol. The highest BCUT2D eigenvalue weighted by atomic mass is 16.6. The van der Waals surface area contributed by atoms with Crippen molar-refractivity contribution in [3.8, 4) is 5.75 Å². The van der Waals surface area contributed by atoms with Crippen LogP contribution in [0.25, 0.3) is 0 Å². The lowest BCUT2D eigenvalue weighted by Gasteiger charge is -2.08. The van der Waals surface area contributed by atoms with E-state index in [2.05, 4.69) is 5.32 Å². The van der Waals surface area contributed by atoms with Crippen molar-refractivity contribution in [1.29, 1.82) is 0 Å². The first kappa shape index (κ1) is 16.0. The molecule has 2 rings (SSSR count). The summed E-state index contributed by atoms with van der Waals surface area (Å²) < 4.78 is 0. The van der Waals surface area contributed by atoms with Gasteiger partial charge in [0, 0.05) is 22.9 Å². The van der Waals surface area contributed by atoms with Gasteiger partial charge in [0.2, 0.25) is 0 Å². The molecule has 3 N–H and O–H groups in total. The Hall–Kier alpha value is -3.42. The molecule has 0 aliphatic carbocycles. The van der Waals surface area contributed by atoms with Crippen molar-refractivity contribution in [2.75, 3.05) is 5.32 Å². The lowest BCUT2D eigenvalue weighted by molar-refractivity contribution is -0.385. The van der Waals surface area contributed by atoms with E-state index < -0.39 is 22.5 Å². The molecule has 1 amide bonds. The van der Waals surface area contributed by atoms with E-state index in [1.807, 2.05) is 0 Å². The van der Waals surface area contributed by atoms with E-state index in [9.17, 15) is 24.8 Å². The minimum absolute atomic E-state index is 0.0623. The van der Waals surface area contributed by atoms with Gasteiger partial charge in [-0.1, -0.05) is 6.07 Å². The van der Waals surface area contributed by atoms with Gasteiger partial charge in [-0.05, 0) is 31.2 Å². The standard InChI is InChI=1S/C15H12N2O6/c1-8-2-3-9(6-12(8)17(22)23)14(19)16-10-4-5-13(18)11(7-10)15(20)21/h2-7,18H,1H3,(H,16,19)(H,20,21). The van der Waals surface area contributed by atoms with Crippen molar-refractivity contribution in [3.63, 3.8) is 0 Å². The number of nitro benzene ring substituents is 1. The molecular formula is C15H12N2O6. The number of anilines is 1. The maximum absolute atomic E-state index is 12.1. The van der Waals surface area contributed by atoms with Crippen molar-refractivity contribution < 1.29 is 24.7 Å². The summed E-state index contributed by atoms with van der Waals surface area (Å²) in [5.41, 5.74) is 0.0808. The summed E-state index contributed by atoms with van der Waals surface area (Å²) >= 11 is 0. The number of hydrogen-bond acceptors (Lipinski definition) is 5. The van der Waals surface area contributed by atoms with Gasteiger partial charge in [0.25, 0.3) is 11.6 Å². The summed E-state index contributed by atoms with van der Waals surface area (Å²) in [5, 5.41) is 31.7. The Kier molecular flexibility index (Phi) is 4.26. The number of hydrogen-bond donors (Lipinski definition) is 3. The SMILES string of the molecule is Cc1ccc(C(=O)Nc2ccc(O)c(C(=O)O)c2)cc1[N+](=O)[O-]. The molecule has 23 heavy (non-hydrogen) atoms. The number of nitro groups is 1. The first-order valence-electron chi connectivity index (χ1n) is 6.42. The van der Waals surface area contributed by atoms with Crippen LogP contribution in [0.2, 0.25) is 0 Å². The fourth-order valence-corrected chi connectivity index (χ4v) is 1.94. The fraction of sp³-hybridized carbons (Fsp3) is 0.0667. The number of carboxylic acid groups (broad SMARTS) is 1. The lowest BCUT2D eigenvalue weighted by atomic mass is 10.1. The molecule has 0 unspecified atom stereocenters. The number of carboxylic acids is 1. The number of carbonyl (C=O) groups is 2. The van der Waals surface area contributed by atoms with Gasteiger partial charge in [-0.3, -0.25) is 14.9 Å². The third kappa shape index (κ3) is 3.43. The first-order valence-corrected chi connectivity index (χ1v) is 6.42. The molecule has 2 aromatic rings. The number of aryl methyl sites for hydroxylation is 1. The molecule has 0 radical (unpaired) electrons. The second kappa shape index (κ2) is 6.14. The number of nitrogens with one attached hydrogen (secondary N) is 1. The second-order valence-electron chi connectivity index (χ2n) is 4.75. The highest BCUT2D eigenvalue weighted by molar-refractivity contribution is 6.05. The average molecular weight is 316 g/mol. The van der Waals surface area contributed by atoms with Crippen LogP contribution in [0.3, 0.4) is 0 Å². The smallest absolute Gasteiger partial charge is 0.339 e. The Labute approximate surface area is 130 Å². The van der Waals surface area contributed by atoms with Gasteiger partial charge in [-0.15, -0.1) is 0 Å². The molecule has 0 aromatic heterocycles. The van der Waals surface area contributed by atoms with Crippen molar-refractivity contribution in [3.05, 3.63) is 63.2 Å². The number of benzene rings is 2. The van der Waals surface area contributed by atoms with Crippen LogP contribution in [-0.2, 0) is 0 Å². The highest BCUT2D eigenvalue weighted by Gasteiger charge is 2.16. The van der Waals surface area contributed by atoms with Crippen LogP contribution in [0.1, 0.15) is 26.3 Å². The molecule has 118 valence electrons. The molecule has 0 bridgehead atoms. The summed E-state index contributed by atoms with van der Waals surface area (Å²) in [6.45, 7) is 1.55. The molecule has 0 aliphatic rings. The summed E-state index contributed by atoms with van der Waals surface area (Å²) in [4.78, 5) is 33.4. The topological polar surface area (TPSA) is 130 Å². The van der Waals surface area contributed by atoms with Gasteiger partial charge < -0.3 is 15.5 Å². The monoisotopic (exact) mass is 316 g/mol. The van der Waals surface area contributed by atoms with Crippen molar-refractivity contribution in [2.24, 2.45) is 0 Å². The zero-order valence-corrected chi connectivity index (χ0v) is 11.9. The largest absolute Gasteiger partial charge is 0.507 e. The summed E-state index contributed by atoms with van der Waals surface area (Å²) in [7, 11) is 0. The maximum Gasteiger partial charge on any atom is 0.339 e. The number of aromatic hydroxyl groups is 1. The van der Waals surface area contributed by atoms with E-state index in [4.69, 9.17) is 5.11 Å². The molecule has 0 spiro atoms. The first-order chi connectivity index (χ1) is 10.8. The van der Waals surface area contributed by atoms with Crippen LogP contribution in [0, 0.1) is 17.0 Å². The molecule has 2 aromatic carbocycles. The Bertz CT molecular complexity index is 816. The van der Waals surface area contributed by atoms with Crippen LogP contribution in [0.15, 0.2) is 36.4 Å². The third-order valence-electron chi connectivity index (χ3n) is 3.15. The molecule has 0 saturated carbocycles. The van der Waals surface area contributed by atoms with E-state index in [1.54, 1.807) is 6.92 Å².